The fourth-order valence-corrected chi connectivity index (χ4v) is 3.79. The molecule has 2 fully saturated rings. The highest BCUT2D eigenvalue weighted by Gasteiger charge is 2.35. The molecule has 1 saturated heterocycles. The van der Waals surface area contributed by atoms with Crippen molar-refractivity contribution in [3.05, 3.63) is 29.8 Å². The number of hydrogen-bond donors (Lipinski definition) is 1. The van der Waals surface area contributed by atoms with Crippen LogP contribution in [0.25, 0.3) is 0 Å². The van der Waals surface area contributed by atoms with Crippen molar-refractivity contribution in [1.29, 1.82) is 0 Å². The van der Waals surface area contributed by atoms with Gasteiger partial charge in [-0.2, -0.15) is 0 Å². The van der Waals surface area contributed by atoms with Gasteiger partial charge >= 0.3 is 5.97 Å². The quantitative estimate of drug-likeness (QED) is 0.905. The third kappa shape index (κ3) is 4.12. The fraction of sp³-hybridized carbons (Fsp3) is 0.579. The van der Waals surface area contributed by atoms with Crippen molar-refractivity contribution in [2.24, 2.45) is 11.8 Å². The van der Waals surface area contributed by atoms with Gasteiger partial charge in [-0.15, -0.1) is 0 Å². The molecule has 0 radical (unpaired) electrons. The third-order valence-corrected chi connectivity index (χ3v) is 5.22. The first-order valence-corrected chi connectivity index (χ1v) is 8.85. The molecule has 1 aromatic rings. The second kappa shape index (κ2) is 7.87. The van der Waals surface area contributed by atoms with E-state index >= 15 is 0 Å². The highest BCUT2D eigenvalue weighted by Crippen LogP contribution is 2.32. The van der Waals surface area contributed by atoms with Gasteiger partial charge in [0.05, 0.1) is 26.2 Å². The molecule has 0 aromatic heterocycles. The SMILES string of the molecule is COc1cccc(C2CN(C(=O)C3CCCC(C(=O)O)C3)CCO2)c1. The number of hydrogen-bond acceptors (Lipinski definition) is 4. The second-order valence-corrected chi connectivity index (χ2v) is 6.82. The van der Waals surface area contributed by atoms with Crippen LogP contribution in [0.5, 0.6) is 5.75 Å². The van der Waals surface area contributed by atoms with E-state index < -0.39 is 11.9 Å². The van der Waals surface area contributed by atoms with E-state index in [9.17, 15) is 14.7 Å². The lowest BCUT2D eigenvalue weighted by molar-refractivity contribution is -0.148. The normalized spacial score (nSPS) is 26.9. The first kappa shape index (κ1) is 17.7. The van der Waals surface area contributed by atoms with Crippen molar-refractivity contribution >= 4 is 11.9 Å². The molecule has 6 heteroatoms. The van der Waals surface area contributed by atoms with E-state index in [0.717, 1.165) is 24.2 Å². The van der Waals surface area contributed by atoms with Crippen molar-refractivity contribution in [2.75, 3.05) is 26.8 Å². The van der Waals surface area contributed by atoms with Gasteiger partial charge in [0.15, 0.2) is 0 Å². The lowest BCUT2D eigenvalue weighted by Crippen LogP contribution is -2.46. The number of carboxylic acid groups (broad SMARTS) is 1. The summed E-state index contributed by atoms with van der Waals surface area (Å²) in [6.07, 6.45) is 2.54. The molecule has 3 unspecified atom stereocenters. The molecule has 1 aromatic carbocycles. The number of carbonyl (C=O) groups is 2. The molecular formula is C19H25NO5. The molecule has 1 aliphatic heterocycles. The van der Waals surface area contributed by atoms with Crippen molar-refractivity contribution in [1.82, 2.24) is 4.90 Å². The third-order valence-electron chi connectivity index (χ3n) is 5.22. The maximum absolute atomic E-state index is 12.9. The van der Waals surface area contributed by atoms with Crippen LogP contribution in [-0.4, -0.2) is 48.7 Å². The highest BCUT2D eigenvalue weighted by molar-refractivity contribution is 5.80. The first-order valence-electron chi connectivity index (χ1n) is 8.85. The van der Waals surface area contributed by atoms with Gasteiger partial charge in [-0.05, 0) is 37.0 Å². The molecule has 3 atom stereocenters. The molecule has 1 N–H and O–H groups in total. The van der Waals surface area contributed by atoms with Crippen LogP contribution in [0.2, 0.25) is 0 Å². The van der Waals surface area contributed by atoms with Gasteiger partial charge in [0.25, 0.3) is 0 Å². The lowest BCUT2D eigenvalue weighted by Gasteiger charge is -2.37. The Morgan fingerprint density at radius 3 is 2.84 bits per heavy atom. The average Bonchev–Trinajstić information content (AvgIpc) is 2.67. The fourth-order valence-electron chi connectivity index (χ4n) is 3.79. The summed E-state index contributed by atoms with van der Waals surface area (Å²) in [5, 5.41) is 9.23. The van der Waals surface area contributed by atoms with Gasteiger partial charge in [0, 0.05) is 12.5 Å². The Kier molecular flexibility index (Phi) is 5.58. The van der Waals surface area contributed by atoms with Gasteiger partial charge in [-0.25, -0.2) is 0 Å². The van der Waals surface area contributed by atoms with E-state index in [4.69, 9.17) is 9.47 Å². The standard InChI is InChI=1S/C19H25NO5/c1-24-16-7-3-4-13(11-16)17-12-20(8-9-25-17)18(21)14-5-2-6-15(10-14)19(22)23/h3-4,7,11,14-15,17H,2,5-6,8-10,12H2,1H3,(H,22,23). The van der Waals surface area contributed by atoms with Crippen LogP contribution in [0.3, 0.4) is 0 Å². The van der Waals surface area contributed by atoms with Crippen LogP contribution in [0.1, 0.15) is 37.4 Å². The van der Waals surface area contributed by atoms with Crippen LogP contribution >= 0.6 is 0 Å². The van der Waals surface area contributed by atoms with E-state index in [2.05, 4.69) is 0 Å². The van der Waals surface area contributed by atoms with Crippen molar-refractivity contribution in [3.8, 4) is 5.75 Å². The Morgan fingerprint density at radius 2 is 2.08 bits per heavy atom. The number of carboxylic acids is 1. The molecule has 1 saturated carbocycles. The number of benzene rings is 1. The molecule has 0 spiro atoms. The summed E-state index contributed by atoms with van der Waals surface area (Å²) < 4.78 is 11.1. The average molecular weight is 347 g/mol. The summed E-state index contributed by atoms with van der Waals surface area (Å²) in [6, 6.07) is 7.70. The van der Waals surface area contributed by atoms with Crippen LogP contribution < -0.4 is 4.74 Å². The molecule has 1 aliphatic carbocycles. The number of rotatable bonds is 4. The summed E-state index contributed by atoms with van der Waals surface area (Å²) in [6.45, 7) is 1.55. The number of nitrogens with zero attached hydrogens (tertiary/aromatic N) is 1. The number of methoxy groups -OCH3 is 1. The maximum atomic E-state index is 12.9. The van der Waals surface area contributed by atoms with Crippen LogP contribution in [0.15, 0.2) is 24.3 Å². The predicted molar refractivity (Wildman–Crippen MR) is 91.4 cm³/mol. The van der Waals surface area contributed by atoms with E-state index in [1.54, 1.807) is 7.11 Å². The molecule has 3 rings (SSSR count). The van der Waals surface area contributed by atoms with Crippen LogP contribution in [0.4, 0.5) is 0 Å². The topological polar surface area (TPSA) is 76.1 Å². The summed E-state index contributed by atoms with van der Waals surface area (Å²) in [5.74, 6) is -0.520. The largest absolute Gasteiger partial charge is 0.497 e. The minimum absolute atomic E-state index is 0.0714. The molecule has 1 amide bonds. The predicted octanol–water partition coefficient (Wildman–Crippen LogP) is 2.49. The van der Waals surface area contributed by atoms with Gasteiger partial charge < -0.3 is 19.5 Å². The molecule has 6 nitrogen and oxygen atoms in total. The lowest BCUT2D eigenvalue weighted by atomic mass is 9.80. The zero-order chi connectivity index (χ0) is 17.8. The van der Waals surface area contributed by atoms with Gasteiger partial charge in [-0.3, -0.25) is 9.59 Å². The summed E-state index contributed by atoms with van der Waals surface area (Å²) >= 11 is 0. The van der Waals surface area contributed by atoms with Crippen LogP contribution in [-0.2, 0) is 14.3 Å². The Hall–Kier alpha value is -2.08. The Morgan fingerprint density at radius 1 is 1.28 bits per heavy atom. The van der Waals surface area contributed by atoms with Crippen molar-refractivity contribution in [2.45, 2.75) is 31.8 Å². The van der Waals surface area contributed by atoms with Gasteiger partial charge in [0.1, 0.15) is 11.9 Å². The number of carbonyl (C=O) groups excluding carboxylic acids is 1. The molecular weight excluding hydrogens is 322 g/mol. The van der Waals surface area contributed by atoms with Crippen molar-refractivity contribution in [3.63, 3.8) is 0 Å². The van der Waals surface area contributed by atoms with E-state index in [-0.39, 0.29) is 17.9 Å². The molecule has 2 aliphatic rings. The summed E-state index contributed by atoms with van der Waals surface area (Å²) in [7, 11) is 1.62. The highest BCUT2D eigenvalue weighted by atomic mass is 16.5. The molecule has 136 valence electrons. The monoisotopic (exact) mass is 347 g/mol. The molecule has 25 heavy (non-hydrogen) atoms. The Labute approximate surface area is 147 Å². The van der Waals surface area contributed by atoms with Crippen molar-refractivity contribution < 1.29 is 24.2 Å². The minimum Gasteiger partial charge on any atom is -0.497 e. The number of amides is 1. The number of aliphatic carboxylic acids is 1. The first-order chi connectivity index (χ1) is 12.1. The summed E-state index contributed by atoms with van der Waals surface area (Å²) in [5.41, 5.74) is 0.990. The Bertz CT molecular complexity index is 632. The van der Waals surface area contributed by atoms with Crippen LogP contribution in [0, 0.1) is 11.8 Å². The zero-order valence-corrected chi connectivity index (χ0v) is 14.5. The van der Waals surface area contributed by atoms with Gasteiger partial charge in [0.2, 0.25) is 5.91 Å². The zero-order valence-electron chi connectivity index (χ0n) is 14.5. The van der Waals surface area contributed by atoms with E-state index in [1.165, 1.54) is 0 Å². The maximum Gasteiger partial charge on any atom is 0.306 e. The smallest absolute Gasteiger partial charge is 0.306 e. The number of ether oxygens (including phenoxy) is 2. The molecule has 0 bridgehead atoms. The van der Waals surface area contributed by atoms with E-state index in [1.807, 2.05) is 29.2 Å². The minimum atomic E-state index is -0.784. The second-order valence-electron chi connectivity index (χ2n) is 6.82. The Balaban J connectivity index is 1.66. The van der Waals surface area contributed by atoms with Gasteiger partial charge in [-0.1, -0.05) is 18.6 Å². The number of morpholine rings is 1. The molecule has 1 heterocycles. The summed E-state index contributed by atoms with van der Waals surface area (Å²) in [4.78, 5) is 25.9. The van der Waals surface area contributed by atoms with E-state index in [0.29, 0.717) is 32.5 Å².